The van der Waals surface area contributed by atoms with Crippen LogP contribution in [0.5, 0.6) is 0 Å². The van der Waals surface area contributed by atoms with Crippen LogP contribution in [-0.4, -0.2) is 26.5 Å². The van der Waals surface area contributed by atoms with Crippen molar-refractivity contribution in [2.45, 2.75) is 20.8 Å². The van der Waals surface area contributed by atoms with E-state index in [2.05, 4.69) is 10.1 Å². The number of aromatic amines is 1. The molecule has 0 amide bonds. The Bertz CT molecular complexity index is 1060. The number of para-hydroxylation sites is 1. The van der Waals surface area contributed by atoms with E-state index in [4.69, 9.17) is 11.6 Å². The molecule has 3 rings (SSSR count). The molecular formula is C20H17ClN3O3-. The number of benzene rings is 1. The molecular weight excluding hydrogens is 366 g/mol. The summed E-state index contributed by atoms with van der Waals surface area (Å²) in [6.45, 7) is 5.02. The molecule has 3 aromatic rings. The molecule has 0 saturated heterocycles. The Kier molecular flexibility index (Phi) is 5.01. The average molecular weight is 383 g/mol. The van der Waals surface area contributed by atoms with Crippen molar-refractivity contribution >= 4 is 29.4 Å². The number of H-pyrrole nitrogens is 1. The smallest absolute Gasteiger partial charge is 0.187 e. The number of hydrogen-bond acceptors (Lipinski definition) is 4. The van der Waals surface area contributed by atoms with Crippen LogP contribution in [0.25, 0.3) is 11.8 Å². The number of aryl methyl sites for hydroxylation is 2. The number of carboxylic acids is 1. The maximum absolute atomic E-state index is 12.6. The van der Waals surface area contributed by atoms with E-state index in [1.165, 1.54) is 6.08 Å². The first-order chi connectivity index (χ1) is 12.8. The molecule has 0 bridgehead atoms. The second-order valence-corrected chi connectivity index (χ2v) is 6.51. The number of carboxylic acid groups (broad SMARTS) is 1. The minimum absolute atomic E-state index is 0.0876. The van der Waals surface area contributed by atoms with Gasteiger partial charge in [0.1, 0.15) is 5.15 Å². The minimum atomic E-state index is -1.35. The standard InChI is InChI=1S/C20H18ClN3O3/c1-11-17(13(3)22-18(11)20(26)27)16(25)10-9-15-12(2)23-24(19(15)21)14-7-5-4-6-8-14/h4-10,22H,1-3H3,(H,26,27)/p-1/b10-9+. The Morgan fingerprint density at radius 1 is 1.19 bits per heavy atom. The van der Waals surface area contributed by atoms with Crippen LogP contribution in [0.2, 0.25) is 5.15 Å². The van der Waals surface area contributed by atoms with Gasteiger partial charge in [0, 0.05) is 16.8 Å². The Morgan fingerprint density at radius 3 is 2.44 bits per heavy atom. The summed E-state index contributed by atoms with van der Waals surface area (Å²) < 4.78 is 1.60. The molecule has 2 heterocycles. The molecule has 0 spiro atoms. The van der Waals surface area contributed by atoms with Gasteiger partial charge in [-0.3, -0.25) is 4.79 Å². The van der Waals surface area contributed by atoms with Crippen LogP contribution < -0.4 is 5.11 Å². The summed E-state index contributed by atoms with van der Waals surface area (Å²) in [5, 5.41) is 15.9. The third-order valence-corrected chi connectivity index (χ3v) is 4.70. The first-order valence-electron chi connectivity index (χ1n) is 8.24. The van der Waals surface area contributed by atoms with Crippen LogP contribution in [0.15, 0.2) is 36.4 Å². The minimum Gasteiger partial charge on any atom is -0.543 e. The summed E-state index contributed by atoms with van der Waals surface area (Å²) in [5.41, 5.74) is 3.16. The monoisotopic (exact) mass is 382 g/mol. The third-order valence-electron chi connectivity index (χ3n) is 4.34. The van der Waals surface area contributed by atoms with E-state index < -0.39 is 5.97 Å². The molecule has 27 heavy (non-hydrogen) atoms. The Labute approximate surface area is 161 Å². The molecule has 6 nitrogen and oxygen atoms in total. The summed E-state index contributed by atoms with van der Waals surface area (Å²) in [6.07, 6.45) is 2.96. The molecule has 0 radical (unpaired) electrons. The number of rotatable bonds is 5. The highest BCUT2D eigenvalue weighted by atomic mass is 35.5. The number of nitrogens with one attached hydrogen (secondary N) is 1. The van der Waals surface area contributed by atoms with Gasteiger partial charge in [0.25, 0.3) is 0 Å². The first-order valence-corrected chi connectivity index (χ1v) is 8.62. The quantitative estimate of drug-likeness (QED) is 0.542. The summed E-state index contributed by atoms with van der Waals surface area (Å²) in [4.78, 5) is 26.4. The van der Waals surface area contributed by atoms with Crippen molar-refractivity contribution in [3.63, 3.8) is 0 Å². The molecule has 0 fully saturated rings. The van der Waals surface area contributed by atoms with Crippen LogP contribution in [0.3, 0.4) is 0 Å². The lowest BCUT2D eigenvalue weighted by Gasteiger charge is -2.02. The number of aromatic carboxylic acids is 1. The van der Waals surface area contributed by atoms with Crippen molar-refractivity contribution < 1.29 is 14.7 Å². The van der Waals surface area contributed by atoms with Crippen LogP contribution in [-0.2, 0) is 0 Å². The second kappa shape index (κ2) is 7.25. The van der Waals surface area contributed by atoms with Gasteiger partial charge in [0.05, 0.1) is 23.0 Å². The fraction of sp³-hybridized carbons (Fsp3) is 0.150. The fourth-order valence-corrected chi connectivity index (χ4v) is 3.34. The highest BCUT2D eigenvalue weighted by molar-refractivity contribution is 6.31. The summed E-state index contributed by atoms with van der Waals surface area (Å²) in [5.74, 6) is -1.67. The molecule has 2 aromatic heterocycles. The topological polar surface area (TPSA) is 90.8 Å². The van der Waals surface area contributed by atoms with Crippen molar-refractivity contribution in [3.8, 4) is 5.69 Å². The predicted octanol–water partition coefficient (Wildman–Crippen LogP) is 3.04. The van der Waals surface area contributed by atoms with Gasteiger partial charge >= 0.3 is 0 Å². The SMILES string of the molecule is Cc1nn(-c2ccccc2)c(Cl)c1/C=C/C(=O)c1c(C)[nH]c(C(=O)[O-])c1C. The van der Waals surface area contributed by atoms with Crippen molar-refractivity contribution in [3.05, 3.63) is 75.3 Å². The summed E-state index contributed by atoms with van der Waals surface area (Å²) >= 11 is 6.45. The zero-order valence-corrected chi connectivity index (χ0v) is 15.8. The number of aromatic nitrogens is 3. The van der Waals surface area contributed by atoms with Gasteiger partial charge in [0.2, 0.25) is 0 Å². The van der Waals surface area contributed by atoms with Crippen molar-refractivity contribution in [2.75, 3.05) is 0 Å². The maximum Gasteiger partial charge on any atom is 0.187 e. The predicted molar refractivity (Wildman–Crippen MR) is 101 cm³/mol. The Balaban J connectivity index is 1.95. The zero-order chi connectivity index (χ0) is 19.7. The van der Waals surface area contributed by atoms with E-state index in [1.807, 2.05) is 30.3 Å². The molecule has 0 atom stereocenters. The Morgan fingerprint density at radius 2 is 1.85 bits per heavy atom. The molecule has 7 heteroatoms. The van der Waals surface area contributed by atoms with Gasteiger partial charge in [-0.05, 0) is 50.6 Å². The van der Waals surface area contributed by atoms with Crippen molar-refractivity contribution in [1.29, 1.82) is 0 Å². The first kappa shape index (κ1) is 18.7. The lowest BCUT2D eigenvalue weighted by atomic mass is 10.0. The third kappa shape index (κ3) is 3.44. The van der Waals surface area contributed by atoms with Crippen LogP contribution in [0.1, 0.15) is 43.4 Å². The van der Waals surface area contributed by atoms with E-state index >= 15 is 0 Å². The van der Waals surface area contributed by atoms with Gasteiger partial charge in [-0.1, -0.05) is 29.8 Å². The molecule has 0 saturated carbocycles. The van der Waals surface area contributed by atoms with Gasteiger partial charge in [-0.25, -0.2) is 4.68 Å². The lowest BCUT2D eigenvalue weighted by molar-refractivity contribution is -0.255. The van der Waals surface area contributed by atoms with Crippen LogP contribution in [0.4, 0.5) is 0 Å². The van der Waals surface area contributed by atoms with E-state index in [0.717, 1.165) is 5.69 Å². The highest BCUT2D eigenvalue weighted by Gasteiger charge is 2.18. The number of carbonyl (C=O) groups excluding carboxylic acids is 2. The van der Waals surface area contributed by atoms with Gasteiger partial charge < -0.3 is 14.9 Å². The fourth-order valence-electron chi connectivity index (χ4n) is 3.01. The van der Waals surface area contributed by atoms with E-state index in [1.54, 1.807) is 31.5 Å². The number of nitrogens with zero attached hydrogens (tertiary/aromatic N) is 2. The number of ketones is 1. The van der Waals surface area contributed by atoms with E-state index in [-0.39, 0.29) is 11.5 Å². The number of hydrogen-bond donors (Lipinski definition) is 1. The van der Waals surface area contributed by atoms with Crippen molar-refractivity contribution in [1.82, 2.24) is 14.8 Å². The van der Waals surface area contributed by atoms with Gasteiger partial charge in [0.15, 0.2) is 5.78 Å². The number of halogens is 1. The molecule has 0 aliphatic rings. The Hall–Kier alpha value is -3.12. The molecule has 0 aliphatic carbocycles. The highest BCUT2D eigenvalue weighted by Crippen LogP contribution is 2.25. The zero-order valence-electron chi connectivity index (χ0n) is 15.0. The maximum atomic E-state index is 12.6. The molecule has 1 N–H and O–H groups in total. The van der Waals surface area contributed by atoms with Crippen molar-refractivity contribution in [2.24, 2.45) is 0 Å². The summed E-state index contributed by atoms with van der Waals surface area (Å²) in [7, 11) is 0. The molecule has 0 unspecified atom stereocenters. The number of allylic oxidation sites excluding steroid dienone is 1. The van der Waals surface area contributed by atoms with Gasteiger partial charge in [-0.15, -0.1) is 0 Å². The summed E-state index contributed by atoms with van der Waals surface area (Å²) in [6, 6.07) is 9.42. The second-order valence-electron chi connectivity index (χ2n) is 6.15. The van der Waals surface area contributed by atoms with Crippen LogP contribution in [0, 0.1) is 20.8 Å². The lowest BCUT2D eigenvalue weighted by Crippen LogP contribution is -2.23. The van der Waals surface area contributed by atoms with E-state index in [0.29, 0.717) is 33.2 Å². The molecule has 138 valence electrons. The van der Waals surface area contributed by atoms with Gasteiger partial charge in [-0.2, -0.15) is 5.10 Å². The van der Waals surface area contributed by atoms with Crippen LogP contribution >= 0.6 is 11.6 Å². The molecule has 1 aromatic carbocycles. The molecule has 0 aliphatic heterocycles. The normalized spacial score (nSPS) is 11.3. The van der Waals surface area contributed by atoms with E-state index in [9.17, 15) is 14.7 Å². The largest absolute Gasteiger partial charge is 0.543 e. The number of carbonyl (C=O) groups is 2. The average Bonchev–Trinajstić information content (AvgIpc) is 3.09.